The van der Waals surface area contributed by atoms with Crippen molar-refractivity contribution in [2.24, 2.45) is 0 Å². The van der Waals surface area contributed by atoms with E-state index in [9.17, 15) is 13.2 Å². The molecule has 7 heteroatoms. The molecule has 0 saturated carbocycles. The molecule has 0 saturated heterocycles. The number of ether oxygens (including phenoxy) is 2. The van der Waals surface area contributed by atoms with E-state index >= 15 is 0 Å². The first-order valence-corrected chi connectivity index (χ1v) is 10.4. The Balaban J connectivity index is 1.89. The number of sulfone groups is 1. The third kappa shape index (κ3) is 4.10. The second kappa shape index (κ2) is 8.16. The molecule has 148 valence electrons. The highest BCUT2D eigenvalue weighted by molar-refractivity contribution is 7.91. The molecule has 1 heterocycles. The first kappa shape index (κ1) is 20.1. The minimum absolute atomic E-state index is 0.0299. The van der Waals surface area contributed by atoms with Crippen molar-refractivity contribution in [3.8, 4) is 0 Å². The van der Waals surface area contributed by atoms with Crippen molar-refractivity contribution in [3.63, 3.8) is 0 Å². The molecule has 0 spiro atoms. The van der Waals surface area contributed by atoms with Crippen molar-refractivity contribution >= 4 is 26.8 Å². The number of benzene rings is 2. The van der Waals surface area contributed by atoms with Crippen molar-refractivity contribution < 1.29 is 27.1 Å². The maximum absolute atomic E-state index is 12.6. The quantitative estimate of drug-likeness (QED) is 0.561. The maximum Gasteiger partial charge on any atom is 0.342 e. The minimum atomic E-state index is -3.40. The number of methoxy groups -OCH3 is 2. The summed E-state index contributed by atoms with van der Waals surface area (Å²) < 4.78 is 40.8. The van der Waals surface area contributed by atoms with Gasteiger partial charge in [-0.3, -0.25) is 0 Å². The third-order valence-electron chi connectivity index (χ3n) is 4.53. The Kier molecular flexibility index (Phi) is 5.86. The van der Waals surface area contributed by atoms with Crippen LogP contribution < -0.4 is 0 Å². The van der Waals surface area contributed by atoms with Crippen LogP contribution >= 0.6 is 0 Å². The van der Waals surface area contributed by atoms with Gasteiger partial charge in [0, 0.05) is 12.5 Å². The van der Waals surface area contributed by atoms with Gasteiger partial charge >= 0.3 is 5.97 Å². The van der Waals surface area contributed by atoms with E-state index in [4.69, 9.17) is 13.9 Å². The van der Waals surface area contributed by atoms with Crippen molar-refractivity contribution in [1.29, 1.82) is 0 Å². The third-order valence-corrected chi connectivity index (χ3v) is 6.26. The number of aryl methyl sites for hydroxylation is 2. The topological polar surface area (TPSA) is 82.8 Å². The molecule has 0 bridgehead atoms. The van der Waals surface area contributed by atoms with Gasteiger partial charge in [0.2, 0.25) is 0 Å². The Labute approximate surface area is 164 Å². The molecule has 0 aliphatic rings. The van der Waals surface area contributed by atoms with E-state index in [0.29, 0.717) is 33.6 Å². The number of rotatable bonds is 7. The van der Waals surface area contributed by atoms with Crippen LogP contribution in [0.2, 0.25) is 0 Å². The molecule has 0 amide bonds. The highest BCUT2D eigenvalue weighted by Gasteiger charge is 2.22. The lowest BCUT2D eigenvalue weighted by Crippen LogP contribution is -2.09. The van der Waals surface area contributed by atoms with Crippen LogP contribution in [0.1, 0.15) is 27.2 Å². The first-order chi connectivity index (χ1) is 13.4. The first-order valence-electron chi connectivity index (χ1n) is 8.76. The molecule has 0 atom stereocenters. The lowest BCUT2D eigenvalue weighted by Gasteiger charge is -2.06. The Morgan fingerprint density at radius 1 is 1.07 bits per heavy atom. The van der Waals surface area contributed by atoms with Gasteiger partial charge in [-0.05, 0) is 43.2 Å². The fourth-order valence-electron chi connectivity index (χ4n) is 3.03. The molecular weight excluding hydrogens is 380 g/mol. The molecular formula is C21H22O6S. The average Bonchev–Trinajstić information content (AvgIpc) is 3.03. The van der Waals surface area contributed by atoms with Gasteiger partial charge in [-0.2, -0.15) is 0 Å². The highest BCUT2D eigenvalue weighted by atomic mass is 32.2. The zero-order valence-corrected chi connectivity index (χ0v) is 16.8. The minimum Gasteiger partial charge on any atom is -0.465 e. The second-order valence-corrected chi connectivity index (χ2v) is 8.65. The summed E-state index contributed by atoms with van der Waals surface area (Å²) in [6.45, 7) is 2.05. The van der Waals surface area contributed by atoms with Gasteiger partial charge in [0.25, 0.3) is 0 Å². The van der Waals surface area contributed by atoms with Crippen LogP contribution in [0.3, 0.4) is 0 Å². The Morgan fingerprint density at radius 3 is 2.43 bits per heavy atom. The number of fused-ring (bicyclic) bond motifs is 1. The maximum atomic E-state index is 12.6. The van der Waals surface area contributed by atoms with E-state index in [2.05, 4.69) is 0 Å². The van der Waals surface area contributed by atoms with Crippen molar-refractivity contribution in [2.75, 3.05) is 20.0 Å². The fraction of sp³-hybridized carbons (Fsp3) is 0.286. The van der Waals surface area contributed by atoms with Gasteiger partial charge in [0.15, 0.2) is 9.84 Å². The summed E-state index contributed by atoms with van der Waals surface area (Å²) in [7, 11) is -0.587. The van der Waals surface area contributed by atoms with Gasteiger partial charge in [-0.1, -0.05) is 23.8 Å². The van der Waals surface area contributed by atoms with Crippen molar-refractivity contribution in [2.45, 2.75) is 24.8 Å². The number of carbonyl (C=O) groups is 1. The Hall–Kier alpha value is -2.64. The summed E-state index contributed by atoms with van der Waals surface area (Å²) in [4.78, 5) is 12.5. The van der Waals surface area contributed by atoms with Crippen molar-refractivity contribution in [3.05, 3.63) is 64.9 Å². The van der Waals surface area contributed by atoms with E-state index in [0.717, 1.165) is 11.1 Å². The van der Waals surface area contributed by atoms with Gasteiger partial charge in [0.05, 0.1) is 17.8 Å². The molecule has 0 N–H and O–H groups in total. The van der Waals surface area contributed by atoms with Crippen molar-refractivity contribution in [1.82, 2.24) is 0 Å². The fourth-order valence-corrected chi connectivity index (χ4v) is 4.32. The monoisotopic (exact) mass is 402 g/mol. The van der Waals surface area contributed by atoms with Gasteiger partial charge in [-0.15, -0.1) is 0 Å². The molecule has 2 aromatic carbocycles. The Morgan fingerprint density at radius 2 is 1.79 bits per heavy atom. The molecule has 3 aromatic rings. The van der Waals surface area contributed by atoms with E-state index in [1.165, 1.54) is 14.2 Å². The number of carbonyl (C=O) groups excluding carboxylic acids is 1. The summed E-state index contributed by atoms with van der Waals surface area (Å²) in [6.07, 6.45) is 0.317. The summed E-state index contributed by atoms with van der Waals surface area (Å²) in [6, 6.07) is 12.1. The molecule has 0 radical (unpaired) electrons. The van der Waals surface area contributed by atoms with Gasteiger partial charge < -0.3 is 13.9 Å². The highest BCUT2D eigenvalue weighted by Crippen LogP contribution is 2.29. The molecule has 3 rings (SSSR count). The molecule has 0 unspecified atom stereocenters. The second-order valence-electron chi connectivity index (χ2n) is 6.54. The van der Waals surface area contributed by atoms with Crippen LogP contribution in [-0.2, 0) is 32.3 Å². The van der Waals surface area contributed by atoms with Crippen LogP contribution in [0.25, 0.3) is 11.0 Å². The average molecular weight is 402 g/mol. The van der Waals surface area contributed by atoms with E-state index < -0.39 is 15.8 Å². The number of esters is 1. The van der Waals surface area contributed by atoms with Gasteiger partial charge in [-0.25, -0.2) is 13.2 Å². The number of hydrogen-bond acceptors (Lipinski definition) is 6. The standard InChI is InChI=1S/C21H22O6S/c1-14-4-7-16(8-5-14)28(23,24)11-10-15-6-9-18-17(12-15)20(21(22)26-3)19(27-18)13-25-2/h4-9,12H,10-11,13H2,1-3H3. The van der Waals surface area contributed by atoms with Crippen LogP contribution in [0, 0.1) is 6.92 Å². The summed E-state index contributed by atoms with van der Waals surface area (Å²) >= 11 is 0. The Bertz CT molecular complexity index is 1090. The smallest absolute Gasteiger partial charge is 0.342 e. The molecule has 28 heavy (non-hydrogen) atoms. The zero-order valence-electron chi connectivity index (χ0n) is 16.0. The van der Waals surface area contributed by atoms with Crippen LogP contribution in [0.15, 0.2) is 51.8 Å². The lowest BCUT2D eigenvalue weighted by atomic mass is 10.1. The summed E-state index contributed by atoms with van der Waals surface area (Å²) in [5.41, 5.74) is 2.63. The summed E-state index contributed by atoms with van der Waals surface area (Å²) in [5.74, 6) is -0.165. The molecule has 0 aliphatic heterocycles. The molecule has 0 fully saturated rings. The zero-order chi connectivity index (χ0) is 20.3. The van der Waals surface area contributed by atoms with E-state index in [1.54, 1.807) is 42.5 Å². The van der Waals surface area contributed by atoms with E-state index in [-0.39, 0.29) is 12.4 Å². The SMILES string of the molecule is COCc1oc2ccc(CCS(=O)(=O)c3ccc(C)cc3)cc2c1C(=O)OC. The largest absolute Gasteiger partial charge is 0.465 e. The molecule has 0 aliphatic carbocycles. The molecule has 1 aromatic heterocycles. The van der Waals surface area contributed by atoms with Gasteiger partial charge in [0.1, 0.15) is 23.5 Å². The van der Waals surface area contributed by atoms with Crippen LogP contribution in [-0.4, -0.2) is 34.4 Å². The van der Waals surface area contributed by atoms with Crippen LogP contribution in [0.4, 0.5) is 0 Å². The summed E-state index contributed by atoms with van der Waals surface area (Å²) in [5, 5.41) is 0.587. The normalized spacial score (nSPS) is 11.7. The molecule has 6 nitrogen and oxygen atoms in total. The van der Waals surface area contributed by atoms with E-state index in [1.807, 2.05) is 6.92 Å². The predicted molar refractivity (Wildman–Crippen MR) is 105 cm³/mol. The number of hydrogen-bond donors (Lipinski definition) is 0. The van der Waals surface area contributed by atoms with Crippen LogP contribution in [0.5, 0.6) is 0 Å². The predicted octanol–water partition coefficient (Wildman–Crippen LogP) is 3.69. The lowest BCUT2D eigenvalue weighted by molar-refractivity contribution is 0.0594. The number of furan rings is 1.